The molecule has 194 valence electrons. The van der Waals surface area contributed by atoms with Crippen molar-refractivity contribution in [1.29, 1.82) is 0 Å². The molecule has 1 unspecified atom stereocenters. The lowest BCUT2D eigenvalue weighted by Crippen LogP contribution is -2.50. The number of benzene rings is 2. The number of aliphatic hydroxyl groups is 1. The zero-order valence-electron chi connectivity index (χ0n) is 20.2. The molecule has 1 aromatic heterocycles. The molecule has 0 radical (unpaired) electrons. The van der Waals surface area contributed by atoms with Crippen LogP contribution in [0.25, 0.3) is 0 Å². The molecule has 0 aliphatic carbocycles. The van der Waals surface area contributed by atoms with Crippen LogP contribution in [0.15, 0.2) is 66.9 Å². The van der Waals surface area contributed by atoms with Crippen molar-refractivity contribution in [2.24, 2.45) is 0 Å². The van der Waals surface area contributed by atoms with Crippen LogP contribution in [0.5, 0.6) is 0 Å². The van der Waals surface area contributed by atoms with Gasteiger partial charge in [0.05, 0.1) is 40.1 Å². The predicted octanol–water partition coefficient (Wildman–Crippen LogP) is 6.14. The lowest BCUT2D eigenvalue weighted by atomic mass is 9.79. The minimum absolute atomic E-state index is 0.0110. The SMILES string of the molecule is CC(C)(C)OCC(O)CN[C@@](Cc1ccccc1)(c1cc(F)cc(C(F)(F)F)c1)c1ccc(Cl)cn1. The van der Waals surface area contributed by atoms with Crippen LogP contribution in [0.1, 0.15) is 43.2 Å². The summed E-state index contributed by atoms with van der Waals surface area (Å²) in [6, 6.07) is 14.6. The molecule has 0 saturated heterocycles. The van der Waals surface area contributed by atoms with Crippen LogP contribution in [0.3, 0.4) is 0 Å². The third kappa shape index (κ3) is 7.49. The molecule has 0 bridgehead atoms. The fourth-order valence-corrected chi connectivity index (χ4v) is 3.93. The van der Waals surface area contributed by atoms with Crippen LogP contribution < -0.4 is 5.32 Å². The normalized spacial score (nSPS) is 14.9. The standard InChI is InChI=1S/C27H29ClF4N2O2/c1-25(2,3)36-17-23(35)16-34-26(14-18-7-5-4-6-8-18,24-10-9-21(28)15-33-24)19-11-20(27(30,31)32)13-22(29)12-19/h4-13,15,23,34-35H,14,16-17H2,1-3H3/t23?,26-/m0/s1. The maximum atomic E-state index is 14.6. The molecule has 1 heterocycles. The molecule has 3 rings (SSSR count). The Hall–Kier alpha value is -2.52. The summed E-state index contributed by atoms with van der Waals surface area (Å²) in [5.41, 5.74) is -1.96. The number of hydrogen-bond acceptors (Lipinski definition) is 4. The second kappa shape index (κ2) is 11.3. The van der Waals surface area contributed by atoms with Crippen molar-refractivity contribution in [3.8, 4) is 0 Å². The Morgan fingerprint density at radius 3 is 2.25 bits per heavy atom. The predicted molar refractivity (Wildman–Crippen MR) is 131 cm³/mol. The van der Waals surface area contributed by atoms with E-state index >= 15 is 0 Å². The Bertz CT molecular complexity index is 1140. The highest BCUT2D eigenvalue weighted by Gasteiger charge is 2.39. The van der Waals surface area contributed by atoms with Gasteiger partial charge in [0.2, 0.25) is 0 Å². The fourth-order valence-electron chi connectivity index (χ4n) is 3.82. The minimum atomic E-state index is -4.76. The van der Waals surface area contributed by atoms with Gasteiger partial charge < -0.3 is 9.84 Å². The first-order chi connectivity index (χ1) is 16.8. The summed E-state index contributed by atoms with van der Waals surface area (Å²) in [5, 5.41) is 14.2. The number of nitrogens with zero attached hydrogens (tertiary/aromatic N) is 1. The molecule has 0 saturated carbocycles. The van der Waals surface area contributed by atoms with E-state index in [9.17, 15) is 22.7 Å². The van der Waals surface area contributed by atoms with Gasteiger partial charge in [-0.15, -0.1) is 0 Å². The van der Waals surface area contributed by atoms with E-state index < -0.39 is 34.8 Å². The average Bonchev–Trinajstić information content (AvgIpc) is 2.80. The molecule has 2 N–H and O–H groups in total. The Morgan fingerprint density at radius 1 is 1.00 bits per heavy atom. The van der Waals surface area contributed by atoms with Crippen LogP contribution in [0.4, 0.5) is 17.6 Å². The second-order valence-electron chi connectivity index (χ2n) is 9.61. The van der Waals surface area contributed by atoms with E-state index in [1.807, 2.05) is 39.0 Å². The molecule has 0 amide bonds. The molecule has 0 spiro atoms. The third-order valence-electron chi connectivity index (χ3n) is 5.54. The highest BCUT2D eigenvalue weighted by atomic mass is 35.5. The summed E-state index contributed by atoms with van der Waals surface area (Å²) >= 11 is 6.04. The molecule has 0 aliphatic heterocycles. The van der Waals surface area contributed by atoms with Crippen molar-refractivity contribution in [2.75, 3.05) is 13.2 Å². The lowest BCUT2D eigenvalue weighted by Gasteiger charge is -2.37. The van der Waals surface area contributed by atoms with Crippen molar-refractivity contribution < 1.29 is 27.4 Å². The number of rotatable bonds is 9. The van der Waals surface area contributed by atoms with Crippen molar-refractivity contribution >= 4 is 11.6 Å². The Morgan fingerprint density at radius 2 is 1.67 bits per heavy atom. The summed E-state index contributed by atoms with van der Waals surface area (Å²) in [4.78, 5) is 4.40. The van der Waals surface area contributed by atoms with E-state index in [2.05, 4.69) is 10.3 Å². The maximum absolute atomic E-state index is 14.6. The largest absolute Gasteiger partial charge is 0.416 e. The fraction of sp³-hybridized carbons (Fsp3) is 0.370. The molecular formula is C27H29ClF4N2O2. The molecule has 2 aromatic carbocycles. The monoisotopic (exact) mass is 524 g/mol. The van der Waals surface area contributed by atoms with Crippen LogP contribution in [0, 0.1) is 5.82 Å². The Kier molecular flexibility index (Phi) is 8.77. The van der Waals surface area contributed by atoms with Gasteiger partial charge in [0.1, 0.15) is 5.82 Å². The second-order valence-corrected chi connectivity index (χ2v) is 10.1. The zero-order valence-corrected chi connectivity index (χ0v) is 21.0. The van der Waals surface area contributed by atoms with E-state index in [1.54, 1.807) is 24.3 Å². The summed E-state index contributed by atoms with van der Waals surface area (Å²) < 4.78 is 61.3. The van der Waals surface area contributed by atoms with Crippen LogP contribution in [-0.4, -0.2) is 34.9 Å². The molecule has 0 aliphatic rings. The quantitative estimate of drug-likeness (QED) is 0.330. The molecule has 4 nitrogen and oxygen atoms in total. The summed E-state index contributed by atoms with van der Waals surface area (Å²) in [6.45, 7) is 5.45. The molecule has 3 aromatic rings. The van der Waals surface area contributed by atoms with E-state index in [4.69, 9.17) is 16.3 Å². The molecule has 36 heavy (non-hydrogen) atoms. The van der Waals surface area contributed by atoms with E-state index in [0.29, 0.717) is 16.8 Å². The van der Waals surface area contributed by atoms with Crippen molar-refractivity contribution in [2.45, 2.75) is 50.6 Å². The van der Waals surface area contributed by atoms with Crippen molar-refractivity contribution in [3.63, 3.8) is 0 Å². The number of aromatic nitrogens is 1. The van der Waals surface area contributed by atoms with Crippen molar-refractivity contribution in [3.05, 3.63) is 100 Å². The van der Waals surface area contributed by atoms with Crippen molar-refractivity contribution in [1.82, 2.24) is 10.3 Å². The number of ether oxygens (including phenoxy) is 1. The van der Waals surface area contributed by atoms with E-state index in [0.717, 1.165) is 17.7 Å². The van der Waals surface area contributed by atoms with Gasteiger partial charge in [0.25, 0.3) is 0 Å². The highest BCUT2D eigenvalue weighted by Crippen LogP contribution is 2.37. The van der Waals surface area contributed by atoms with Gasteiger partial charge in [-0.1, -0.05) is 41.9 Å². The topological polar surface area (TPSA) is 54.4 Å². The number of halogens is 5. The van der Waals surface area contributed by atoms with Crippen LogP contribution >= 0.6 is 11.6 Å². The van der Waals surface area contributed by atoms with Gasteiger partial charge in [0, 0.05) is 19.2 Å². The molecule has 0 fully saturated rings. The third-order valence-corrected chi connectivity index (χ3v) is 5.77. The number of hydrogen-bond donors (Lipinski definition) is 2. The smallest absolute Gasteiger partial charge is 0.389 e. The number of alkyl halides is 3. The first-order valence-electron chi connectivity index (χ1n) is 11.4. The number of nitrogens with one attached hydrogen (secondary N) is 1. The molecule has 2 atom stereocenters. The maximum Gasteiger partial charge on any atom is 0.416 e. The molecule has 9 heteroatoms. The minimum Gasteiger partial charge on any atom is -0.389 e. The Labute approximate surface area is 213 Å². The van der Waals surface area contributed by atoms with Gasteiger partial charge >= 0.3 is 6.18 Å². The first-order valence-corrected chi connectivity index (χ1v) is 11.8. The first kappa shape index (κ1) is 28.1. The lowest BCUT2D eigenvalue weighted by molar-refractivity contribution is -0.137. The van der Waals surface area contributed by atoms with Gasteiger partial charge in [-0.2, -0.15) is 13.2 Å². The van der Waals surface area contributed by atoms with Crippen LogP contribution in [-0.2, 0) is 22.9 Å². The highest BCUT2D eigenvalue weighted by molar-refractivity contribution is 6.30. The summed E-state index contributed by atoms with van der Waals surface area (Å²) in [7, 11) is 0. The van der Waals surface area contributed by atoms with Gasteiger partial charge in [-0.25, -0.2) is 4.39 Å². The Balaban J connectivity index is 2.15. The average molecular weight is 525 g/mol. The summed E-state index contributed by atoms with van der Waals surface area (Å²) in [6.07, 6.45) is -4.26. The van der Waals surface area contributed by atoms with Gasteiger partial charge in [-0.3, -0.25) is 10.3 Å². The molecular weight excluding hydrogens is 496 g/mol. The summed E-state index contributed by atoms with van der Waals surface area (Å²) in [5.74, 6) is -1.04. The van der Waals surface area contributed by atoms with E-state index in [1.165, 1.54) is 6.20 Å². The van der Waals surface area contributed by atoms with E-state index in [-0.39, 0.29) is 25.1 Å². The number of aliphatic hydroxyl groups excluding tert-OH is 1. The van der Waals surface area contributed by atoms with Gasteiger partial charge in [0.15, 0.2) is 0 Å². The van der Waals surface area contributed by atoms with Gasteiger partial charge in [-0.05, 0) is 62.2 Å². The zero-order chi connectivity index (χ0) is 26.6. The van der Waals surface area contributed by atoms with Crippen LogP contribution in [0.2, 0.25) is 5.02 Å². The number of pyridine rings is 1.